The van der Waals surface area contributed by atoms with Gasteiger partial charge in [-0.25, -0.2) is 8.78 Å². The summed E-state index contributed by atoms with van der Waals surface area (Å²) in [4.78, 5) is 1.34. The summed E-state index contributed by atoms with van der Waals surface area (Å²) in [5.74, 6) is 4.73. The van der Waals surface area contributed by atoms with Crippen LogP contribution >= 0.6 is 0 Å². The third-order valence-electron chi connectivity index (χ3n) is 2.62. The van der Waals surface area contributed by atoms with Gasteiger partial charge in [0.25, 0.3) is 0 Å². The molecular weight excluding hydrogens is 254 g/mol. The highest BCUT2D eigenvalue weighted by molar-refractivity contribution is 5.19. The maximum Gasteiger partial charge on any atom is 0.176 e. The van der Waals surface area contributed by atoms with Crippen molar-refractivity contribution >= 4 is 0 Å². The third-order valence-corrected chi connectivity index (χ3v) is 2.62. The van der Waals surface area contributed by atoms with Crippen molar-refractivity contribution in [3.63, 3.8) is 0 Å². The van der Waals surface area contributed by atoms with Gasteiger partial charge in [0.1, 0.15) is 11.6 Å². The predicted molar refractivity (Wildman–Crippen MR) is 63.7 cm³/mol. The van der Waals surface area contributed by atoms with Gasteiger partial charge >= 0.3 is 0 Å². The van der Waals surface area contributed by atoms with Crippen molar-refractivity contribution in [1.29, 1.82) is 0 Å². The number of nitrogens with one attached hydrogen (secondary N) is 1. The number of nitrogens with two attached hydrogens (primary N) is 1. The SMILES string of the molecule is Cn1nnc(CC(Cc2cc(F)cc(F)c2)NN)n1. The second-order valence-corrected chi connectivity index (χ2v) is 4.24. The Morgan fingerprint density at radius 1 is 1.26 bits per heavy atom. The molecule has 6 nitrogen and oxygen atoms in total. The van der Waals surface area contributed by atoms with E-state index in [0.29, 0.717) is 24.2 Å². The Hall–Kier alpha value is -1.93. The minimum Gasteiger partial charge on any atom is -0.271 e. The number of hydrazine groups is 1. The van der Waals surface area contributed by atoms with E-state index in [1.165, 1.54) is 16.9 Å². The van der Waals surface area contributed by atoms with Crippen molar-refractivity contribution in [2.45, 2.75) is 18.9 Å². The Morgan fingerprint density at radius 3 is 2.47 bits per heavy atom. The molecule has 1 heterocycles. The number of aromatic nitrogens is 4. The van der Waals surface area contributed by atoms with Crippen molar-refractivity contribution in [2.24, 2.45) is 12.9 Å². The molecule has 19 heavy (non-hydrogen) atoms. The van der Waals surface area contributed by atoms with E-state index in [1.54, 1.807) is 7.05 Å². The van der Waals surface area contributed by atoms with Crippen LogP contribution in [0.3, 0.4) is 0 Å². The van der Waals surface area contributed by atoms with Crippen LogP contribution in [0.4, 0.5) is 8.78 Å². The Morgan fingerprint density at radius 2 is 1.95 bits per heavy atom. The lowest BCUT2D eigenvalue weighted by molar-refractivity contribution is 0.505. The van der Waals surface area contributed by atoms with Crippen LogP contribution in [0.2, 0.25) is 0 Å². The standard InChI is InChI=1S/C11H14F2N6/c1-19-17-11(16-18-19)6-10(15-14)4-7-2-8(12)5-9(13)3-7/h2-3,5,10,15H,4,6,14H2,1H3. The van der Waals surface area contributed by atoms with E-state index in [4.69, 9.17) is 5.84 Å². The summed E-state index contributed by atoms with van der Waals surface area (Å²) in [6.07, 6.45) is 0.784. The fourth-order valence-electron chi connectivity index (χ4n) is 1.83. The number of hydrogen-bond acceptors (Lipinski definition) is 5. The van der Waals surface area contributed by atoms with Crippen molar-refractivity contribution in [2.75, 3.05) is 0 Å². The summed E-state index contributed by atoms with van der Waals surface area (Å²) < 4.78 is 26.2. The molecule has 0 saturated carbocycles. The van der Waals surface area contributed by atoms with E-state index in [1.807, 2.05) is 0 Å². The Kier molecular flexibility index (Phi) is 4.13. The minimum atomic E-state index is -0.608. The zero-order valence-electron chi connectivity index (χ0n) is 10.3. The molecule has 1 aromatic heterocycles. The van der Waals surface area contributed by atoms with Gasteiger partial charge in [-0.3, -0.25) is 11.3 Å². The molecule has 2 rings (SSSR count). The number of aryl methyl sites for hydroxylation is 1. The molecule has 3 N–H and O–H groups in total. The Bertz CT molecular complexity index is 536. The normalized spacial score (nSPS) is 12.6. The molecule has 0 saturated heterocycles. The molecule has 0 aliphatic rings. The van der Waals surface area contributed by atoms with Gasteiger partial charge in [-0.05, 0) is 29.3 Å². The molecule has 0 aliphatic heterocycles. The monoisotopic (exact) mass is 268 g/mol. The van der Waals surface area contributed by atoms with Crippen LogP contribution < -0.4 is 11.3 Å². The Balaban J connectivity index is 2.06. The average molecular weight is 268 g/mol. The first-order valence-electron chi connectivity index (χ1n) is 5.71. The molecular formula is C11H14F2N6. The zero-order chi connectivity index (χ0) is 13.8. The van der Waals surface area contributed by atoms with Crippen LogP contribution in [-0.4, -0.2) is 26.2 Å². The van der Waals surface area contributed by atoms with Crippen LogP contribution in [-0.2, 0) is 19.9 Å². The first-order valence-corrected chi connectivity index (χ1v) is 5.71. The molecule has 0 amide bonds. The van der Waals surface area contributed by atoms with Crippen molar-refractivity contribution in [3.05, 3.63) is 41.2 Å². The van der Waals surface area contributed by atoms with Gasteiger partial charge in [0.2, 0.25) is 0 Å². The van der Waals surface area contributed by atoms with Gasteiger partial charge < -0.3 is 0 Å². The van der Waals surface area contributed by atoms with Gasteiger partial charge in [0.15, 0.2) is 5.82 Å². The molecule has 1 aromatic carbocycles. The van der Waals surface area contributed by atoms with Gasteiger partial charge in [-0.15, -0.1) is 10.2 Å². The number of nitrogens with zero attached hydrogens (tertiary/aromatic N) is 4. The second-order valence-electron chi connectivity index (χ2n) is 4.24. The first kappa shape index (κ1) is 13.5. The number of halogens is 2. The van der Waals surface area contributed by atoms with Crippen LogP contribution in [0.1, 0.15) is 11.4 Å². The van der Waals surface area contributed by atoms with Crippen LogP contribution in [0.15, 0.2) is 18.2 Å². The number of rotatable bonds is 5. The van der Waals surface area contributed by atoms with E-state index in [0.717, 1.165) is 6.07 Å². The molecule has 2 aromatic rings. The fourth-order valence-corrected chi connectivity index (χ4v) is 1.83. The maximum absolute atomic E-state index is 13.1. The lowest BCUT2D eigenvalue weighted by Crippen LogP contribution is -2.38. The summed E-state index contributed by atoms with van der Waals surface area (Å²) >= 11 is 0. The van der Waals surface area contributed by atoms with E-state index in [-0.39, 0.29) is 6.04 Å². The van der Waals surface area contributed by atoms with E-state index < -0.39 is 11.6 Å². The molecule has 1 unspecified atom stereocenters. The summed E-state index contributed by atoms with van der Waals surface area (Å²) in [6.45, 7) is 0. The highest BCUT2D eigenvalue weighted by atomic mass is 19.1. The molecule has 102 valence electrons. The smallest absolute Gasteiger partial charge is 0.176 e. The van der Waals surface area contributed by atoms with Gasteiger partial charge in [0.05, 0.1) is 7.05 Å². The van der Waals surface area contributed by atoms with Crippen LogP contribution in [0.25, 0.3) is 0 Å². The quantitative estimate of drug-likeness (QED) is 0.594. The molecule has 8 heteroatoms. The minimum absolute atomic E-state index is 0.231. The first-order chi connectivity index (χ1) is 9.06. The van der Waals surface area contributed by atoms with Crippen molar-refractivity contribution < 1.29 is 8.78 Å². The fraction of sp³-hybridized carbons (Fsp3) is 0.364. The van der Waals surface area contributed by atoms with Gasteiger partial charge in [0, 0.05) is 18.5 Å². The summed E-state index contributed by atoms with van der Waals surface area (Å²) in [7, 11) is 1.66. The molecule has 0 radical (unpaired) electrons. The van der Waals surface area contributed by atoms with E-state index in [9.17, 15) is 8.78 Å². The number of hydrogen-bond donors (Lipinski definition) is 2. The lowest BCUT2D eigenvalue weighted by atomic mass is 10.0. The topological polar surface area (TPSA) is 81.7 Å². The van der Waals surface area contributed by atoms with Crippen molar-refractivity contribution in [3.8, 4) is 0 Å². The maximum atomic E-state index is 13.1. The number of tetrazole rings is 1. The average Bonchev–Trinajstić information content (AvgIpc) is 2.72. The zero-order valence-corrected chi connectivity index (χ0v) is 10.3. The van der Waals surface area contributed by atoms with Gasteiger partial charge in [-0.2, -0.15) is 4.80 Å². The molecule has 0 aliphatic carbocycles. The largest absolute Gasteiger partial charge is 0.271 e. The highest BCUT2D eigenvalue weighted by Crippen LogP contribution is 2.11. The summed E-state index contributed by atoms with van der Waals surface area (Å²) in [6, 6.07) is 3.15. The van der Waals surface area contributed by atoms with Crippen LogP contribution in [0, 0.1) is 11.6 Å². The van der Waals surface area contributed by atoms with Crippen molar-refractivity contribution in [1.82, 2.24) is 25.6 Å². The molecule has 1 atom stereocenters. The summed E-state index contributed by atoms with van der Waals surface area (Å²) in [5.41, 5.74) is 3.10. The van der Waals surface area contributed by atoms with Gasteiger partial charge in [-0.1, -0.05) is 0 Å². The summed E-state index contributed by atoms with van der Waals surface area (Å²) in [5, 5.41) is 11.6. The molecule has 0 spiro atoms. The molecule has 0 fully saturated rings. The Labute approximate surface area is 108 Å². The molecule has 0 bridgehead atoms. The lowest BCUT2D eigenvalue weighted by Gasteiger charge is -2.14. The predicted octanol–water partition coefficient (Wildman–Crippen LogP) is 0.105. The third kappa shape index (κ3) is 3.76. The van der Waals surface area contributed by atoms with E-state index >= 15 is 0 Å². The number of benzene rings is 1. The second kappa shape index (κ2) is 5.81. The highest BCUT2D eigenvalue weighted by Gasteiger charge is 2.13. The van der Waals surface area contributed by atoms with Crippen LogP contribution in [0.5, 0.6) is 0 Å². The van der Waals surface area contributed by atoms with E-state index in [2.05, 4.69) is 20.8 Å².